The Morgan fingerprint density at radius 3 is 2.96 bits per heavy atom. The molecule has 0 unspecified atom stereocenters. The van der Waals surface area contributed by atoms with Gasteiger partial charge in [-0.05, 0) is 30.2 Å². The Balaban J connectivity index is 1.58. The number of hydrogen-bond donors (Lipinski definition) is 2. The predicted molar refractivity (Wildman–Crippen MR) is 87.0 cm³/mol. The van der Waals surface area contributed by atoms with E-state index in [1.165, 1.54) is 6.07 Å². The number of halogens is 2. The van der Waals surface area contributed by atoms with Crippen LogP contribution in [0.2, 0.25) is 0 Å². The van der Waals surface area contributed by atoms with Crippen LogP contribution in [-0.4, -0.2) is 28.8 Å². The highest BCUT2D eigenvalue weighted by Crippen LogP contribution is 2.30. The molecule has 1 saturated heterocycles. The standard InChI is InChI=1S/C18H15F2N3O2/c19-13-5-4-10(8-14(13)20)17-15(6-7-25-17)22-18(24)12-3-1-2-11-9-21-23-16(11)12/h1-5,8-9,15,17H,6-7H2,(H,21,23)(H,22,24)/t15-,17-/m1/s1. The maximum Gasteiger partial charge on any atom is 0.253 e. The Hall–Kier alpha value is -2.80. The van der Waals surface area contributed by atoms with E-state index < -0.39 is 17.7 Å². The second kappa shape index (κ2) is 6.25. The summed E-state index contributed by atoms with van der Waals surface area (Å²) in [6, 6.07) is 8.68. The highest BCUT2D eigenvalue weighted by atomic mass is 19.2. The quantitative estimate of drug-likeness (QED) is 0.768. The van der Waals surface area contributed by atoms with E-state index in [-0.39, 0.29) is 11.9 Å². The van der Waals surface area contributed by atoms with Gasteiger partial charge >= 0.3 is 0 Å². The molecule has 2 atom stereocenters. The largest absolute Gasteiger partial charge is 0.371 e. The summed E-state index contributed by atoms with van der Waals surface area (Å²) >= 11 is 0. The van der Waals surface area contributed by atoms with E-state index in [4.69, 9.17) is 4.74 Å². The molecule has 7 heteroatoms. The molecule has 2 N–H and O–H groups in total. The van der Waals surface area contributed by atoms with Crippen molar-refractivity contribution in [2.24, 2.45) is 0 Å². The SMILES string of the molecule is O=C(N[C@@H]1CCO[C@@H]1c1ccc(F)c(F)c1)c1cccc2cn[nH]c12. The van der Waals surface area contributed by atoms with Gasteiger partial charge in [-0.15, -0.1) is 0 Å². The van der Waals surface area contributed by atoms with Crippen molar-refractivity contribution in [1.82, 2.24) is 15.5 Å². The maximum atomic E-state index is 13.5. The van der Waals surface area contributed by atoms with Crippen molar-refractivity contribution < 1.29 is 18.3 Å². The highest BCUT2D eigenvalue weighted by Gasteiger charge is 2.32. The summed E-state index contributed by atoms with van der Waals surface area (Å²) in [6.07, 6.45) is 1.73. The molecule has 4 rings (SSSR count). The van der Waals surface area contributed by atoms with Crippen LogP contribution in [0.15, 0.2) is 42.6 Å². The van der Waals surface area contributed by atoms with Gasteiger partial charge in [-0.25, -0.2) is 8.78 Å². The molecule has 1 aliphatic rings. The Kier molecular flexibility index (Phi) is 3.93. The minimum atomic E-state index is -0.930. The monoisotopic (exact) mass is 343 g/mol. The third-order valence-corrected chi connectivity index (χ3v) is 4.40. The lowest BCUT2D eigenvalue weighted by molar-refractivity contribution is 0.0821. The molecule has 2 aromatic carbocycles. The summed E-state index contributed by atoms with van der Waals surface area (Å²) in [5.74, 6) is -2.11. The van der Waals surface area contributed by atoms with Gasteiger partial charge in [0.25, 0.3) is 5.91 Å². The van der Waals surface area contributed by atoms with Gasteiger partial charge in [0, 0.05) is 12.0 Å². The third kappa shape index (κ3) is 2.87. The Morgan fingerprint density at radius 1 is 1.24 bits per heavy atom. The Labute approximate surface area is 142 Å². The minimum absolute atomic E-state index is 0.266. The molecule has 0 bridgehead atoms. The first kappa shape index (κ1) is 15.7. The van der Waals surface area contributed by atoms with Crippen molar-refractivity contribution >= 4 is 16.8 Å². The lowest BCUT2D eigenvalue weighted by Gasteiger charge is -2.20. The van der Waals surface area contributed by atoms with Gasteiger partial charge < -0.3 is 10.1 Å². The molecule has 0 aliphatic carbocycles. The molecular formula is C18H15F2N3O2. The van der Waals surface area contributed by atoms with E-state index in [1.807, 2.05) is 6.07 Å². The second-order valence-corrected chi connectivity index (χ2v) is 5.97. The molecule has 5 nitrogen and oxygen atoms in total. The van der Waals surface area contributed by atoms with Gasteiger partial charge in [0.2, 0.25) is 0 Å². The normalized spacial score (nSPS) is 20.1. The molecule has 1 fully saturated rings. The Bertz CT molecular complexity index is 941. The van der Waals surface area contributed by atoms with Crippen LogP contribution < -0.4 is 5.32 Å². The number of nitrogens with one attached hydrogen (secondary N) is 2. The average molecular weight is 343 g/mol. The fourth-order valence-corrected chi connectivity index (χ4v) is 3.16. The molecule has 0 saturated carbocycles. The number of aromatic nitrogens is 2. The highest BCUT2D eigenvalue weighted by molar-refractivity contribution is 6.05. The zero-order valence-electron chi connectivity index (χ0n) is 13.1. The zero-order chi connectivity index (χ0) is 17.4. The van der Waals surface area contributed by atoms with Crippen LogP contribution in [0.1, 0.15) is 28.4 Å². The average Bonchev–Trinajstić information content (AvgIpc) is 3.26. The van der Waals surface area contributed by atoms with E-state index in [2.05, 4.69) is 15.5 Å². The van der Waals surface area contributed by atoms with Gasteiger partial charge in [-0.2, -0.15) is 5.10 Å². The van der Waals surface area contributed by atoms with Crippen LogP contribution in [0.4, 0.5) is 8.78 Å². The number of amides is 1. The first-order chi connectivity index (χ1) is 12.1. The number of benzene rings is 2. The van der Waals surface area contributed by atoms with Crippen molar-refractivity contribution in [1.29, 1.82) is 0 Å². The number of para-hydroxylation sites is 1. The molecule has 25 heavy (non-hydrogen) atoms. The van der Waals surface area contributed by atoms with E-state index in [9.17, 15) is 13.6 Å². The number of H-pyrrole nitrogens is 1. The van der Waals surface area contributed by atoms with E-state index in [0.29, 0.717) is 29.7 Å². The van der Waals surface area contributed by atoms with Crippen molar-refractivity contribution in [3.8, 4) is 0 Å². The van der Waals surface area contributed by atoms with Crippen LogP contribution in [0.25, 0.3) is 10.9 Å². The molecule has 3 aromatic rings. The summed E-state index contributed by atoms with van der Waals surface area (Å²) in [7, 11) is 0. The number of fused-ring (bicyclic) bond motifs is 1. The molecule has 128 valence electrons. The molecule has 0 spiro atoms. The molecule has 1 aromatic heterocycles. The number of carbonyl (C=O) groups is 1. The van der Waals surface area contributed by atoms with Crippen molar-refractivity contribution in [3.63, 3.8) is 0 Å². The summed E-state index contributed by atoms with van der Waals surface area (Å²) in [4.78, 5) is 12.7. The fraction of sp³-hybridized carbons (Fsp3) is 0.222. The summed E-state index contributed by atoms with van der Waals surface area (Å²) in [5, 5.41) is 10.5. The molecule has 1 aliphatic heterocycles. The Morgan fingerprint density at radius 2 is 2.12 bits per heavy atom. The minimum Gasteiger partial charge on any atom is -0.371 e. The van der Waals surface area contributed by atoms with Crippen LogP contribution in [0.3, 0.4) is 0 Å². The fourth-order valence-electron chi connectivity index (χ4n) is 3.16. The number of hydrogen-bond acceptors (Lipinski definition) is 3. The van der Waals surface area contributed by atoms with E-state index in [1.54, 1.807) is 18.3 Å². The smallest absolute Gasteiger partial charge is 0.253 e. The number of aromatic amines is 1. The molecule has 2 heterocycles. The van der Waals surface area contributed by atoms with Gasteiger partial charge in [0.15, 0.2) is 11.6 Å². The molecular weight excluding hydrogens is 328 g/mol. The van der Waals surface area contributed by atoms with Crippen LogP contribution >= 0.6 is 0 Å². The predicted octanol–water partition coefficient (Wildman–Crippen LogP) is 3.10. The summed E-state index contributed by atoms with van der Waals surface area (Å²) in [6.45, 7) is 0.433. The van der Waals surface area contributed by atoms with Crippen LogP contribution in [0, 0.1) is 11.6 Å². The number of nitrogens with zero attached hydrogens (tertiary/aromatic N) is 1. The number of ether oxygens (including phenoxy) is 1. The van der Waals surface area contributed by atoms with Crippen molar-refractivity contribution in [3.05, 3.63) is 65.4 Å². The first-order valence-corrected chi connectivity index (χ1v) is 7.93. The topological polar surface area (TPSA) is 67.0 Å². The van der Waals surface area contributed by atoms with Crippen molar-refractivity contribution in [2.45, 2.75) is 18.6 Å². The van der Waals surface area contributed by atoms with E-state index >= 15 is 0 Å². The summed E-state index contributed by atoms with van der Waals surface area (Å²) < 4.78 is 32.3. The molecule has 1 amide bonds. The second-order valence-electron chi connectivity index (χ2n) is 5.97. The van der Waals surface area contributed by atoms with Crippen molar-refractivity contribution in [2.75, 3.05) is 6.61 Å². The van der Waals surface area contributed by atoms with Gasteiger partial charge in [0.1, 0.15) is 6.10 Å². The van der Waals surface area contributed by atoms with E-state index in [0.717, 1.165) is 17.5 Å². The number of rotatable bonds is 3. The maximum absolute atomic E-state index is 13.5. The zero-order valence-corrected chi connectivity index (χ0v) is 13.1. The first-order valence-electron chi connectivity index (χ1n) is 7.93. The lowest BCUT2D eigenvalue weighted by atomic mass is 10.0. The summed E-state index contributed by atoms with van der Waals surface area (Å²) in [5.41, 5.74) is 1.63. The number of carbonyl (C=O) groups excluding carboxylic acids is 1. The van der Waals surface area contributed by atoms with Gasteiger partial charge in [0.05, 0.1) is 23.3 Å². The molecule has 0 radical (unpaired) electrons. The third-order valence-electron chi connectivity index (χ3n) is 4.40. The van der Waals surface area contributed by atoms with Gasteiger partial charge in [-0.3, -0.25) is 9.89 Å². The van der Waals surface area contributed by atoms with Crippen LogP contribution in [-0.2, 0) is 4.74 Å². The van der Waals surface area contributed by atoms with Crippen LogP contribution in [0.5, 0.6) is 0 Å². The van der Waals surface area contributed by atoms with Gasteiger partial charge in [-0.1, -0.05) is 18.2 Å². The lowest BCUT2D eigenvalue weighted by Crippen LogP contribution is -2.37.